The molecule has 7 heteroatoms. The number of likely N-dealkylation sites (tertiary alicyclic amines) is 1. The fourth-order valence-electron chi connectivity index (χ4n) is 3.70. The third kappa shape index (κ3) is 3.00. The molecular formula is C18H20FN3O3. The molecule has 0 aliphatic carbocycles. The molecular weight excluding hydrogens is 325 g/mol. The number of pyridine rings is 1. The number of aryl methyl sites for hydroxylation is 1. The molecule has 25 heavy (non-hydrogen) atoms. The number of hydrogen-bond donors (Lipinski definition) is 1. The van der Waals surface area contributed by atoms with Gasteiger partial charge >= 0.3 is 0 Å². The summed E-state index contributed by atoms with van der Waals surface area (Å²) in [4.78, 5) is 18.5. The molecule has 4 rings (SSSR count). The molecule has 2 aliphatic rings. The molecule has 0 aromatic carbocycles. The normalized spacial score (nSPS) is 25.7. The average molecular weight is 345 g/mol. The molecule has 2 aromatic heterocycles. The first-order valence-corrected chi connectivity index (χ1v) is 8.41. The second-order valence-corrected chi connectivity index (χ2v) is 6.74. The molecule has 2 fully saturated rings. The fourth-order valence-corrected chi connectivity index (χ4v) is 3.70. The van der Waals surface area contributed by atoms with Crippen molar-refractivity contribution in [3.05, 3.63) is 47.8 Å². The van der Waals surface area contributed by atoms with Crippen molar-refractivity contribution in [3.8, 4) is 0 Å². The molecule has 1 spiro atoms. The number of amides is 1. The topological polar surface area (TPSA) is 67.6 Å². The first-order chi connectivity index (χ1) is 12.1. The van der Waals surface area contributed by atoms with Crippen molar-refractivity contribution >= 4 is 11.7 Å². The zero-order chi connectivity index (χ0) is 17.4. The van der Waals surface area contributed by atoms with E-state index in [1.54, 1.807) is 25.3 Å². The van der Waals surface area contributed by atoms with Crippen molar-refractivity contribution in [1.29, 1.82) is 0 Å². The Morgan fingerprint density at radius 2 is 2.36 bits per heavy atom. The fraction of sp³-hybridized carbons (Fsp3) is 0.444. The largest absolute Gasteiger partial charge is 0.469 e. The van der Waals surface area contributed by atoms with Crippen LogP contribution < -0.4 is 5.32 Å². The predicted octanol–water partition coefficient (Wildman–Crippen LogP) is 2.61. The monoisotopic (exact) mass is 345 g/mol. The maximum atomic E-state index is 13.7. The summed E-state index contributed by atoms with van der Waals surface area (Å²) in [5, 5.41) is 3.11. The Morgan fingerprint density at radius 1 is 1.48 bits per heavy atom. The molecule has 0 saturated carbocycles. The van der Waals surface area contributed by atoms with Gasteiger partial charge in [-0.2, -0.15) is 0 Å². The van der Waals surface area contributed by atoms with Crippen molar-refractivity contribution < 1.29 is 18.3 Å². The zero-order valence-corrected chi connectivity index (χ0v) is 14.0. The third-order valence-corrected chi connectivity index (χ3v) is 5.00. The van der Waals surface area contributed by atoms with E-state index in [2.05, 4.69) is 10.3 Å². The lowest BCUT2D eigenvalue weighted by atomic mass is 9.97. The van der Waals surface area contributed by atoms with Crippen LogP contribution in [0.15, 0.2) is 35.1 Å². The number of nitrogens with one attached hydrogen (secondary N) is 1. The van der Waals surface area contributed by atoms with E-state index in [0.29, 0.717) is 31.0 Å². The van der Waals surface area contributed by atoms with E-state index in [1.807, 2.05) is 4.90 Å². The molecule has 132 valence electrons. The number of anilines is 1. The van der Waals surface area contributed by atoms with Gasteiger partial charge in [0.25, 0.3) is 5.91 Å². The Kier molecular flexibility index (Phi) is 3.95. The summed E-state index contributed by atoms with van der Waals surface area (Å²) >= 11 is 0. The van der Waals surface area contributed by atoms with Crippen LogP contribution in [-0.2, 0) is 4.74 Å². The van der Waals surface area contributed by atoms with E-state index in [9.17, 15) is 9.18 Å². The number of rotatable bonds is 3. The van der Waals surface area contributed by atoms with Crippen LogP contribution in [-0.4, -0.2) is 47.1 Å². The maximum Gasteiger partial charge on any atom is 0.257 e. The van der Waals surface area contributed by atoms with E-state index < -0.39 is 0 Å². The van der Waals surface area contributed by atoms with Gasteiger partial charge in [0.15, 0.2) is 11.6 Å². The van der Waals surface area contributed by atoms with Crippen LogP contribution in [0.3, 0.4) is 0 Å². The molecule has 1 amide bonds. The number of furan rings is 1. The minimum atomic E-state index is -0.373. The molecule has 2 saturated heterocycles. The minimum Gasteiger partial charge on any atom is -0.469 e. The number of aromatic nitrogens is 1. The van der Waals surface area contributed by atoms with Gasteiger partial charge < -0.3 is 19.4 Å². The molecule has 6 nitrogen and oxygen atoms in total. The van der Waals surface area contributed by atoms with Gasteiger partial charge in [-0.1, -0.05) is 0 Å². The molecule has 2 atom stereocenters. The van der Waals surface area contributed by atoms with Gasteiger partial charge in [-0.15, -0.1) is 0 Å². The van der Waals surface area contributed by atoms with Crippen molar-refractivity contribution in [3.63, 3.8) is 0 Å². The average Bonchev–Trinajstić information content (AvgIpc) is 3.31. The van der Waals surface area contributed by atoms with Gasteiger partial charge in [-0.05, 0) is 31.5 Å². The molecule has 1 N–H and O–H groups in total. The number of halogens is 1. The molecule has 2 aliphatic heterocycles. The smallest absolute Gasteiger partial charge is 0.257 e. The predicted molar refractivity (Wildman–Crippen MR) is 88.9 cm³/mol. The lowest BCUT2D eigenvalue weighted by Gasteiger charge is -2.23. The molecule has 0 radical (unpaired) electrons. The highest BCUT2D eigenvalue weighted by atomic mass is 19.1. The van der Waals surface area contributed by atoms with Crippen LogP contribution in [0.4, 0.5) is 10.2 Å². The van der Waals surface area contributed by atoms with Gasteiger partial charge in [-0.3, -0.25) is 4.79 Å². The van der Waals surface area contributed by atoms with Crippen molar-refractivity contribution in [2.45, 2.75) is 31.4 Å². The quantitative estimate of drug-likeness (QED) is 0.926. The van der Waals surface area contributed by atoms with E-state index >= 15 is 0 Å². The van der Waals surface area contributed by atoms with Crippen LogP contribution in [0.25, 0.3) is 0 Å². The summed E-state index contributed by atoms with van der Waals surface area (Å²) in [5.74, 6) is 0.470. The van der Waals surface area contributed by atoms with Crippen molar-refractivity contribution in [1.82, 2.24) is 9.88 Å². The number of nitrogens with zero attached hydrogens (tertiary/aromatic N) is 2. The van der Waals surface area contributed by atoms with E-state index in [0.717, 1.165) is 12.8 Å². The first-order valence-electron chi connectivity index (χ1n) is 8.41. The molecule has 0 unspecified atom stereocenters. The Labute approximate surface area is 145 Å². The summed E-state index contributed by atoms with van der Waals surface area (Å²) in [6.45, 7) is 3.45. The third-order valence-electron chi connectivity index (χ3n) is 5.00. The van der Waals surface area contributed by atoms with Crippen molar-refractivity contribution in [2.24, 2.45) is 0 Å². The second-order valence-electron chi connectivity index (χ2n) is 6.74. The van der Waals surface area contributed by atoms with Gasteiger partial charge in [0, 0.05) is 19.2 Å². The Bertz CT molecular complexity index is 793. The highest BCUT2D eigenvalue weighted by Crippen LogP contribution is 2.37. The highest BCUT2D eigenvalue weighted by molar-refractivity contribution is 5.95. The first kappa shape index (κ1) is 16.1. The highest BCUT2D eigenvalue weighted by Gasteiger charge is 2.47. The summed E-state index contributed by atoms with van der Waals surface area (Å²) in [5.41, 5.74) is 0.233. The van der Waals surface area contributed by atoms with Crippen LogP contribution in [0, 0.1) is 12.7 Å². The number of carbonyl (C=O) groups excluding carboxylic acids is 1. The van der Waals surface area contributed by atoms with E-state index in [-0.39, 0.29) is 29.2 Å². The van der Waals surface area contributed by atoms with Gasteiger partial charge in [0.2, 0.25) is 0 Å². The lowest BCUT2D eigenvalue weighted by Crippen LogP contribution is -2.36. The summed E-state index contributed by atoms with van der Waals surface area (Å²) < 4.78 is 25.0. The Morgan fingerprint density at radius 3 is 3.12 bits per heavy atom. The minimum absolute atomic E-state index is 0.0184. The van der Waals surface area contributed by atoms with Crippen molar-refractivity contribution in [2.75, 3.05) is 25.0 Å². The summed E-state index contributed by atoms with van der Waals surface area (Å²) in [7, 11) is 0. The summed E-state index contributed by atoms with van der Waals surface area (Å²) in [6.07, 6.45) is 4.58. The van der Waals surface area contributed by atoms with Gasteiger partial charge in [0.05, 0.1) is 36.6 Å². The molecule has 4 heterocycles. The van der Waals surface area contributed by atoms with E-state index in [4.69, 9.17) is 9.15 Å². The standard InChI is InChI=1S/C18H20FN3O3/c1-12-14(4-8-24-12)17(23)22-7-5-18(11-22)9-13(10-25-18)21-16-15(19)3-2-6-20-16/h2-4,6,8,13H,5,7,9-11H2,1H3,(H,20,21)/t13-,18-/m0/s1. The Hall–Kier alpha value is -2.41. The number of ether oxygens (including phenoxy) is 1. The van der Waals surface area contributed by atoms with Gasteiger partial charge in [0.1, 0.15) is 5.76 Å². The molecule has 0 bridgehead atoms. The molecule has 2 aromatic rings. The van der Waals surface area contributed by atoms with Crippen LogP contribution >= 0.6 is 0 Å². The lowest BCUT2D eigenvalue weighted by molar-refractivity contribution is 0.0124. The van der Waals surface area contributed by atoms with Crippen LogP contribution in [0.5, 0.6) is 0 Å². The van der Waals surface area contributed by atoms with E-state index in [1.165, 1.54) is 12.3 Å². The zero-order valence-electron chi connectivity index (χ0n) is 14.0. The van der Waals surface area contributed by atoms with Crippen LogP contribution in [0.2, 0.25) is 0 Å². The van der Waals surface area contributed by atoms with Gasteiger partial charge in [-0.25, -0.2) is 9.37 Å². The van der Waals surface area contributed by atoms with Crippen LogP contribution in [0.1, 0.15) is 29.0 Å². The maximum absolute atomic E-state index is 13.7. The Balaban J connectivity index is 1.41. The second kappa shape index (κ2) is 6.15. The SMILES string of the molecule is Cc1occc1C(=O)N1CC[C@]2(C[C@H](Nc3ncccc3F)CO2)C1. The summed E-state index contributed by atoms with van der Waals surface area (Å²) in [6, 6.07) is 4.62. The number of carbonyl (C=O) groups is 1. The number of hydrogen-bond acceptors (Lipinski definition) is 5.